The van der Waals surface area contributed by atoms with Crippen molar-refractivity contribution in [3.05, 3.63) is 53.2 Å². The normalized spacial score (nSPS) is 15.6. The molecule has 0 bridgehead atoms. The Hall–Kier alpha value is -2.56. The van der Waals surface area contributed by atoms with Crippen LogP contribution in [0.5, 0.6) is 0 Å². The molecule has 1 aromatic carbocycles. The fourth-order valence-corrected chi connectivity index (χ4v) is 4.79. The fourth-order valence-electron chi connectivity index (χ4n) is 3.26. The molecule has 1 saturated heterocycles. The molecule has 0 unspecified atom stereocenters. The lowest BCUT2D eigenvalue weighted by molar-refractivity contribution is 0.0620. The van der Waals surface area contributed by atoms with Crippen molar-refractivity contribution in [2.24, 2.45) is 0 Å². The summed E-state index contributed by atoms with van der Waals surface area (Å²) in [7, 11) is -3.47. The second-order valence-electron chi connectivity index (χ2n) is 6.83. The number of rotatable bonds is 5. The smallest absolute Gasteiger partial charge is 0.268 e. The second kappa shape index (κ2) is 8.05. The number of carbonyl (C=O) groups excluding carboxylic acids is 1. The minimum atomic E-state index is -3.47. The molecule has 0 aliphatic carbocycles. The average molecular weight is 433 g/mol. The van der Waals surface area contributed by atoms with Gasteiger partial charge in [0.2, 0.25) is 0 Å². The number of thiophene rings is 1. The maximum Gasteiger partial charge on any atom is 0.268 e. The van der Waals surface area contributed by atoms with Crippen LogP contribution < -0.4 is 0 Å². The summed E-state index contributed by atoms with van der Waals surface area (Å²) in [4.78, 5) is 22.1. The molecule has 1 aliphatic heterocycles. The van der Waals surface area contributed by atoms with Crippen LogP contribution >= 0.6 is 11.3 Å². The number of amides is 1. The monoisotopic (exact) mass is 432 g/mol. The lowest BCUT2D eigenvalue weighted by Crippen LogP contribution is -2.48. The van der Waals surface area contributed by atoms with Crippen molar-refractivity contribution in [1.29, 1.82) is 0 Å². The Morgan fingerprint density at radius 2 is 1.90 bits per heavy atom. The molecular formula is C19H20N4O4S2. The molecule has 1 fully saturated rings. The summed E-state index contributed by atoms with van der Waals surface area (Å²) in [5, 5.41) is 5.99. The molecule has 29 heavy (non-hydrogen) atoms. The van der Waals surface area contributed by atoms with Crippen LogP contribution in [-0.2, 0) is 16.4 Å². The molecule has 0 spiro atoms. The van der Waals surface area contributed by atoms with Crippen molar-refractivity contribution in [3.8, 4) is 10.8 Å². The minimum Gasteiger partial charge on any atom is -0.336 e. The third-order valence-electron chi connectivity index (χ3n) is 4.74. The molecule has 152 valence electrons. The van der Waals surface area contributed by atoms with Gasteiger partial charge in [-0.2, -0.15) is 4.98 Å². The topological polar surface area (TPSA) is 96.6 Å². The van der Waals surface area contributed by atoms with Crippen molar-refractivity contribution in [2.75, 3.05) is 32.4 Å². The molecule has 3 aromatic rings. The van der Waals surface area contributed by atoms with E-state index < -0.39 is 9.84 Å². The summed E-state index contributed by atoms with van der Waals surface area (Å²) < 4.78 is 29.3. The van der Waals surface area contributed by atoms with Crippen LogP contribution in [0.4, 0.5) is 0 Å². The number of nitrogens with zero attached hydrogens (tertiary/aromatic N) is 4. The first-order valence-corrected chi connectivity index (χ1v) is 11.9. The van der Waals surface area contributed by atoms with Gasteiger partial charge in [0, 0.05) is 32.4 Å². The number of hydrogen-bond acceptors (Lipinski definition) is 8. The highest BCUT2D eigenvalue weighted by Crippen LogP contribution is 2.23. The zero-order valence-corrected chi connectivity index (χ0v) is 17.4. The van der Waals surface area contributed by atoms with Gasteiger partial charge in [0.25, 0.3) is 11.8 Å². The van der Waals surface area contributed by atoms with E-state index in [1.165, 1.54) is 6.07 Å². The molecule has 1 aliphatic rings. The Labute approximate surface area is 172 Å². The highest BCUT2D eigenvalue weighted by atomic mass is 32.2. The van der Waals surface area contributed by atoms with Crippen LogP contribution in [0.25, 0.3) is 10.8 Å². The van der Waals surface area contributed by atoms with E-state index in [2.05, 4.69) is 15.0 Å². The van der Waals surface area contributed by atoms with E-state index in [9.17, 15) is 13.2 Å². The van der Waals surface area contributed by atoms with Crippen LogP contribution in [0, 0.1) is 0 Å². The maximum atomic E-state index is 12.9. The van der Waals surface area contributed by atoms with Crippen molar-refractivity contribution in [3.63, 3.8) is 0 Å². The molecular weight excluding hydrogens is 412 g/mol. The first-order valence-electron chi connectivity index (χ1n) is 9.09. The number of benzene rings is 1. The number of aromatic nitrogens is 2. The summed E-state index contributed by atoms with van der Waals surface area (Å²) in [5.41, 5.74) is 0.224. The zero-order chi connectivity index (χ0) is 20.4. The lowest BCUT2D eigenvalue weighted by Gasteiger charge is -2.34. The predicted octanol–water partition coefficient (Wildman–Crippen LogP) is 2.16. The van der Waals surface area contributed by atoms with Gasteiger partial charge in [-0.05, 0) is 23.6 Å². The van der Waals surface area contributed by atoms with E-state index in [1.807, 2.05) is 17.5 Å². The average Bonchev–Trinajstić information content (AvgIpc) is 3.39. The summed E-state index contributed by atoms with van der Waals surface area (Å²) >= 11 is 1.54. The van der Waals surface area contributed by atoms with Crippen LogP contribution in [0.15, 0.2) is 51.2 Å². The molecule has 3 heterocycles. The molecule has 8 nitrogen and oxygen atoms in total. The molecule has 10 heteroatoms. The summed E-state index contributed by atoms with van der Waals surface area (Å²) in [5.74, 6) is 0.863. The van der Waals surface area contributed by atoms with Crippen LogP contribution in [0.1, 0.15) is 16.2 Å². The van der Waals surface area contributed by atoms with Crippen molar-refractivity contribution in [2.45, 2.75) is 11.4 Å². The summed E-state index contributed by atoms with van der Waals surface area (Å²) in [6.07, 6.45) is 1.12. The number of carbonyl (C=O) groups is 1. The molecule has 1 amide bonds. The number of hydrogen-bond donors (Lipinski definition) is 0. The van der Waals surface area contributed by atoms with E-state index in [0.717, 1.165) is 11.1 Å². The zero-order valence-electron chi connectivity index (χ0n) is 15.8. The Morgan fingerprint density at radius 3 is 2.59 bits per heavy atom. The van der Waals surface area contributed by atoms with E-state index in [0.29, 0.717) is 44.4 Å². The van der Waals surface area contributed by atoms with Gasteiger partial charge >= 0.3 is 0 Å². The summed E-state index contributed by atoms with van der Waals surface area (Å²) in [6.45, 7) is 2.85. The molecule has 0 saturated carbocycles. The lowest BCUT2D eigenvalue weighted by atomic mass is 10.2. The Bertz CT molecular complexity index is 1100. The SMILES string of the molecule is CS(=O)(=O)c1ccccc1C(=O)N1CCN(Cc2noc(-c3cccs3)n2)CC1. The van der Waals surface area contributed by atoms with E-state index >= 15 is 0 Å². The van der Waals surface area contributed by atoms with Gasteiger partial charge in [-0.3, -0.25) is 9.69 Å². The van der Waals surface area contributed by atoms with Crippen LogP contribution in [0.2, 0.25) is 0 Å². The standard InChI is InChI=1S/C19H20N4O4S2/c1-29(25,26)16-7-3-2-5-14(16)19(24)23-10-8-22(9-11-23)13-17-20-18(27-21-17)15-6-4-12-28-15/h2-7,12H,8-11,13H2,1H3. The molecule has 0 radical (unpaired) electrons. The molecule has 0 N–H and O–H groups in total. The summed E-state index contributed by atoms with van der Waals surface area (Å²) in [6, 6.07) is 10.2. The molecule has 2 aromatic heterocycles. The molecule has 4 rings (SSSR count). The Balaban J connectivity index is 1.38. The van der Waals surface area contributed by atoms with E-state index in [1.54, 1.807) is 34.4 Å². The van der Waals surface area contributed by atoms with Gasteiger partial charge < -0.3 is 9.42 Å². The van der Waals surface area contributed by atoms with E-state index in [-0.39, 0.29) is 16.4 Å². The third kappa shape index (κ3) is 4.39. The fraction of sp³-hybridized carbons (Fsp3) is 0.316. The first-order chi connectivity index (χ1) is 13.9. The third-order valence-corrected chi connectivity index (χ3v) is 6.75. The van der Waals surface area contributed by atoms with Crippen LogP contribution in [-0.4, -0.2) is 66.7 Å². The van der Waals surface area contributed by atoms with Crippen molar-refractivity contribution in [1.82, 2.24) is 19.9 Å². The van der Waals surface area contributed by atoms with Crippen LogP contribution in [0.3, 0.4) is 0 Å². The Morgan fingerprint density at radius 1 is 1.14 bits per heavy atom. The predicted molar refractivity (Wildman–Crippen MR) is 108 cm³/mol. The largest absolute Gasteiger partial charge is 0.336 e. The highest BCUT2D eigenvalue weighted by molar-refractivity contribution is 7.90. The second-order valence-corrected chi connectivity index (χ2v) is 9.76. The van der Waals surface area contributed by atoms with Gasteiger partial charge in [0.1, 0.15) is 0 Å². The van der Waals surface area contributed by atoms with E-state index in [4.69, 9.17) is 4.52 Å². The number of piperazine rings is 1. The van der Waals surface area contributed by atoms with Crippen molar-refractivity contribution >= 4 is 27.1 Å². The highest BCUT2D eigenvalue weighted by Gasteiger charge is 2.26. The van der Waals surface area contributed by atoms with Gasteiger partial charge in [0.15, 0.2) is 15.7 Å². The van der Waals surface area contributed by atoms with Gasteiger partial charge in [-0.25, -0.2) is 8.42 Å². The minimum absolute atomic E-state index is 0.0698. The van der Waals surface area contributed by atoms with Crippen molar-refractivity contribution < 1.29 is 17.7 Å². The van der Waals surface area contributed by atoms with Gasteiger partial charge in [-0.1, -0.05) is 23.4 Å². The Kier molecular flexibility index (Phi) is 5.48. The van der Waals surface area contributed by atoms with Gasteiger partial charge in [0.05, 0.1) is 21.9 Å². The van der Waals surface area contributed by atoms with Gasteiger partial charge in [-0.15, -0.1) is 11.3 Å². The molecule has 0 atom stereocenters. The number of sulfone groups is 1. The quantitative estimate of drug-likeness (QED) is 0.609. The maximum absolute atomic E-state index is 12.9. The first kappa shape index (κ1) is 19.7.